The minimum absolute atomic E-state index is 0.0100. The quantitative estimate of drug-likeness (QED) is 0.0694. The van der Waals surface area contributed by atoms with Crippen LogP contribution in [0.4, 0.5) is 5.82 Å². The zero-order chi connectivity index (χ0) is 57.0. The molecule has 1 aromatic carbocycles. The molecule has 0 unspecified atom stereocenters. The van der Waals surface area contributed by atoms with Crippen molar-refractivity contribution in [3.63, 3.8) is 0 Å². The number of benzene rings is 1. The molecule has 0 fully saturated rings. The third-order valence-electron chi connectivity index (χ3n) is 11.8. The molecule has 1 aliphatic heterocycles. The number of fused-ring (bicyclic) bond motifs is 14. The van der Waals surface area contributed by atoms with Crippen LogP contribution in [0.3, 0.4) is 0 Å². The summed E-state index contributed by atoms with van der Waals surface area (Å²) in [7, 11) is -0.716. The maximum Gasteiger partial charge on any atom is 0.303 e. The van der Waals surface area contributed by atoms with E-state index in [1.54, 1.807) is 70.9 Å². The van der Waals surface area contributed by atoms with E-state index in [4.69, 9.17) is 34.4 Å². The molecule has 0 aliphatic carbocycles. The highest BCUT2D eigenvalue weighted by Gasteiger charge is 2.34. The molecule has 8 heterocycles. The normalized spacial score (nSPS) is 16.7. The lowest BCUT2D eigenvalue weighted by Crippen LogP contribution is -2.41. The number of pyridine rings is 1. The number of methoxy groups -OCH3 is 1. The standard InChI is InChI=1S/C50H49N13O10S7/c1-22(2)36-50-62-39(32(79-50)17-72-6)43(68)52-16-35(66)59-40(41(73-24(4)64)25-11-9-8-10-12-25)49-57-31(20-76-49)47-55-29(18-75-47)38-26(13-14-27(53-38)46-58-33(21-77-46)63-80(7,70)71)45-56-30(19-74-45)42(67)54-28(15-34(65)51-5)48-61-37(23(3)78-48)44(69)60-36/h8-14,18-22,28,36,40-41,63H,15-17H2,1-7H3,(H,51,65)(H,52,68)(H,54,67)(H,59,66)(H,60,69)/t28-,36-,40-,41-/m0/s1. The van der Waals surface area contributed by atoms with Crippen molar-refractivity contribution in [1.82, 2.24) is 61.5 Å². The van der Waals surface area contributed by atoms with Crippen LogP contribution in [0.25, 0.3) is 43.4 Å². The molecule has 9 rings (SSSR count). The van der Waals surface area contributed by atoms with Crippen molar-refractivity contribution in [3.05, 3.63) is 111 Å². The van der Waals surface area contributed by atoms with Gasteiger partial charge in [0.2, 0.25) is 21.8 Å². The van der Waals surface area contributed by atoms with Crippen molar-refractivity contribution in [1.29, 1.82) is 0 Å². The third-order valence-corrected chi connectivity index (χ3v) is 18.1. The minimum atomic E-state index is -3.64. The van der Waals surface area contributed by atoms with Gasteiger partial charge in [-0.05, 0) is 30.5 Å². The summed E-state index contributed by atoms with van der Waals surface area (Å²) in [6, 6.07) is 9.44. The fourth-order valence-corrected chi connectivity index (χ4v) is 14.2. The fraction of sp³-hybridized carbons (Fsp3) is 0.300. The van der Waals surface area contributed by atoms with Gasteiger partial charge in [0.15, 0.2) is 11.9 Å². The molecular formula is C50H49N13O10S7. The summed E-state index contributed by atoms with van der Waals surface area (Å²) in [5.74, 6) is -3.73. The Kier molecular flexibility index (Phi) is 17.6. The van der Waals surface area contributed by atoms with E-state index in [1.165, 1.54) is 43.8 Å². The van der Waals surface area contributed by atoms with Crippen LogP contribution in [-0.4, -0.2) is 106 Å². The van der Waals surface area contributed by atoms with E-state index in [0.717, 1.165) is 51.6 Å². The molecule has 10 bridgehead atoms. The Hall–Kier alpha value is -7.32. The lowest BCUT2D eigenvalue weighted by atomic mass is 10.0. The molecule has 7 aromatic heterocycles. The molecule has 23 nitrogen and oxygen atoms in total. The highest BCUT2D eigenvalue weighted by atomic mass is 32.2. The van der Waals surface area contributed by atoms with E-state index < -0.39 is 76.3 Å². The van der Waals surface area contributed by atoms with Crippen LogP contribution in [0.2, 0.25) is 0 Å². The maximum absolute atomic E-state index is 14.2. The highest BCUT2D eigenvalue weighted by molar-refractivity contribution is 7.92. The molecule has 5 amide bonds. The van der Waals surface area contributed by atoms with Crippen molar-refractivity contribution < 1.29 is 46.7 Å². The van der Waals surface area contributed by atoms with Crippen LogP contribution in [0.15, 0.2) is 64.0 Å². The molecule has 0 radical (unpaired) electrons. The van der Waals surface area contributed by atoms with Crippen LogP contribution < -0.4 is 31.3 Å². The molecule has 416 valence electrons. The van der Waals surface area contributed by atoms with Gasteiger partial charge in [0.05, 0.1) is 48.5 Å². The first-order valence-corrected chi connectivity index (χ1v) is 31.2. The predicted molar refractivity (Wildman–Crippen MR) is 305 cm³/mol. The number of aromatic nitrogens is 7. The number of esters is 1. The lowest BCUT2D eigenvalue weighted by Gasteiger charge is -2.26. The van der Waals surface area contributed by atoms with E-state index >= 15 is 0 Å². The van der Waals surface area contributed by atoms with E-state index in [1.807, 2.05) is 13.8 Å². The molecule has 6 N–H and O–H groups in total. The number of ether oxygens (including phenoxy) is 2. The van der Waals surface area contributed by atoms with Gasteiger partial charge < -0.3 is 36.1 Å². The average molecular weight is 1220 g/mol. The Morgan fingerprint density at radius 1 is 0.713 bits per heavy atom. The van der Waals surface area contributed by atoms with Gasteiger partial charge in [0.1, 0.15) is 70.3 Å². The molecule has 80 heavy (non-hydrogen) atoms. The van der Waals surface area contributed by atoms with Gasteiger partial charge in [-0.15, -0.1) is 68.0 Å². The number of anilines is 1. The summed E-state index contributed by atoms with van der Waals surface area (Å²) >= 11 is 7.02. The van der Waals surface area contributed by atoms with E-state index in [2.05, 4.69) is 41.3 Å². The molecule has 0 saturated carbocycles. The van der Waals surface area contributed by atoms with Crippen molar-refractivity contribution in [2.75, 3.05) is 31.7 Å². The Bertz CT molecular complexity index is 3760. The lowest BCUT2D eigenvalue weighted by molar-refractivity contribution is -0.149. The fourth-order valence-electron chi connectivity index (χ4n) is 8.12. The molecular weight excluding hydrogens is 1170 g/mol. The van der Waals surface area contributed by atoms with Crippen molar-refractivity contribution in [2.45, 2.75) is 65.0 Å². The third kappa shape index (κ3) is 13.3. The Labute approximate surface area is 481 Å². The van der Waals surface area contributed by atoms with Crippen molar-refractivity contribution in [3.8, 4) is 43.4 Å². The van der Waals surface area contributed by atoms with Crippen LogP contribution in [0, 0.1) is 12.8 Å². The molecule has 0 spiro atoms. The van der Waals surface area contributed by atoms with Gasteiger partial charge in [-0.25, -0.2) is 43.3 Å². The number of hydrogen-bond donors (Lipinski definition) is 6. The van der Waals surface area contributed by atoms with Gasteiger partial charge in [-0.3, -0.25) is 33.5 Å². The number of thiazole rings is 6. The minimum Gasteiger partial charge on any atom is -0.455 e. The Balaban J connectivity index is 1.16. The molecule has 0 saturated heterocycles. The Morgan fingerprint density at radius 3 is 2.14 bits per heavy atom. The van der Waals surface area contributed by atoms with E-state index in [9.17, 15) is 37.2 Å². The van der Waals surface area contributed by atoms with Gasteiger partial charge in [-0.2, -0.15) is 0 Å². The molecule has 4 atom stereocenters. The molecule has 1 aliphatic rings. The second kappa shape index (κ2) is 24.6. The number of sulfonamides is 1. The number of carbonyl (C=O) groups excluding carboxylic acids is 6. The SMILES string of the molecule is CNC(=O)C[C@@H]1NC(=O)c2csc(n2)-c2ccc(-c3nc(NS(C)(=O)=O)cs3)nc2-c2csc(n2)-c2csc(n2)[C@H]([C@@H](OC(C)=O)c2ccccc2)NC(=O)CNC(=O)c2nc(sc2COC)[C@H](C(C)C)NC(=O)c2nc1sc2C. The number of aryl methyl sites for hydroxylation is 1. The zero-order valence-electron chi connectivity index (χ0n) is 43.4. The summed E-state index contributed by atoms with van der Waals surface area (Å²) in [6.45, 7) is 6.15. The predicted octanol–water partition coefficient (Wildman–Crippen LogP) is 7.25. The van der Waals surface area contributed by atoms with Crippen LogP contribution >= 0.6 is 68.0 Å². The number of rotatable bonds is 11. The summed E-state index contributed by atoms with van der Waals surface area (Å²) in [6.07, 6.45) is -0.290. The zero-order valence-corrected chi connectivity index (χ0v) is 49.1. The average Bonchev–Trinajstić information content (AvgIpc) is 4.32. The number of hydrogen-bond acceptors (Lipinski definition) is 23. The molecule has 8 aromatic rings. The second-order valence-electron chi connectivity index (χ2n) is 18.1. The summed E-state index contributed by atoms with van der Waals surface area (Å²) in [5, 5.41) is 23.0. The van der Waals surface area contributed by atoms with Crippen LogP contribution in [0.1, 0.15) is 113 Å². The summed E-state index contributed by atoms with van der Waals surface area (Å²) in [5.41, 5.74) is 2.55. The van der Waals surface area contributed by atoms with E-state index in [-0.39, 0.29) is 46.9 Å². The molecule has 30 heteroatoms. The number of amides is 5. The van der Waals surface area contributed by atoms with E-state index in [0.29, 0.717) is 68.7 Å². The largest absolute Gasteiger partial charge is 0.455 e. The second-order valence-corrected chi connectivity index (χ2v) is 25.7. The van der Waals surface area contributed by atoms with Gasteiger partial charge in [-0.1, -0.05) is 44.2 Å². The first-order chi connectivity index (χ1) is 38.2. The first-order valence-electron chi connectivity index (χ1n) is 24.2. The van der Waals surface area contributed by atoms with Crippen LogP contribution in [-0.2, 0) is 40.5 Å². The Morgan fingerprint density at radius 2 is 1.41 bits per heavy atom. The first kappa shape index (κ1) is 57.4. The maximum atomic E-state index is 14.2. The summed E-state index contributed by atoms with van der Waals surface area (Å²) in [4.78, 5) is 117. The van der Waals surface area contributed by atoms with Gasteiger partial charge in [0, 0.05) is 53.0 Å². The number of carbonyl (C=O) groups is 6. The van der Waals surface area contributed by atoms with Crippen molar-refractivity contribution >= 4 is 119 Å². The van der Waals surface area contributed by atoms with Gasteiger partial charge in [0.25, 0.3) is 17.7 Å². The smallest absolute Gasteiger partial charge is 0.303 e. The van der Waals surface area contributed by atoms with Crippen molar-refractivity contribution in [2.24, 2.45) is 5.92 Å². The van der Waals surface area contributed by atoms with Crippen LogP contribution in [0.5, 0.6) is 0 Å². The van der Waals surface area contributed by atoms with Gasteiger partial charge >= 0.3 is 5.97 Å². The highest BCUT2D eigenvalue weighted by Crippen LogP contribution is 2.41. The monoisotopic (exact) mass is 1220 g/mol. The topological polar surface area (TPSA) is 317 Å². The number of nitrogens with zero attached hydrogens (tertiary/aromatic N) is 7. The number of nitrogens with one attached hydrogen (secondary N) is 6. The summed E-state index contributed by atoms with van der Waals surface area (Å²) < 4.78 is 37.9.